The smallest absolute Gasteiger partial charge is 0.129 e. The molecule has 0 bridgehead atoms. The highest BCUT2D eigenvalue weighted by molar-refractivity contribution is 5.86. The van der Waals surface area contributed by atoms with Crippen LogP contribution < -0.4 is 15.1 Å². The van der Waals surface area contributed by atoms with Gasteiger partial charge in [0, 0.05) is 29.4 Å². The third-order valence-electron chi connectivity index (χ3n) is 5.36. The van der Waals surface area contributed by atoms with Crippen LogP contribution in [0.5, 0.6) is 5.75 Å². The topological polar surface area (TPSA) is 36.9 Å². The van der Waals surface area contributed by atoms with Gasteiger partial charge in [0.25, 0.3) is 0 Å². The lowest BCUT2D eigenvalue weighted by molar-refractivity contribution is 0.372. The van der Waals surface area contributed by atoms with E-state index >= 15 is 0 Å². The molecule has 3 rings (SSSR count). The Bertz CT molecular complexity index is 799. The van der Waals surface area contributed by atoms with E-state index in [-0.39, 0.29) is 5.54 Å². The van der Waals surface area contributed by atoms with E-state index < -0.39 is 0 Å². The first-order chi connectivity index (χ1) is 13.0. The molecule has 1 unspecified atom stereocenters. The van der Waals surface area contributed by atoms with Crippen LogP contribution in [0.15, 0.2) is 47.6 Å². The zero-order chi connectivity index (χ0) is 19.4. The lowest BCUT2D eigenvalue weighted by atomic mass is 9.79. The van der Waals surface area contributed by atoms with E-state index in [9.17, 15) is 0 Å². The maximum absolute atomic E-state index is 5.70. The van der Waals surface area contributed by atoms with Crippen molar-refractivity contribution in [1.82, 2.24) is 0 Å². The maximum Gasteiger partial charge on any atom is 0.129 e. The summed E-state index contributed by atoms with van der Waals surface area (Å²) < 4.78 is 5.70. The van der Waals surface area contributed by atoms with Gasteiger partial charge in [-0.15, -0.1) is 0 Å². The molecular formula is C23H31N3O. The van der Waals surface area contributed by atoms with Gasteiger partial charge in [0.1, 0.15) is 5.75 Å². The monoisotopic (exact) mass is 365 g/mol. The second-order valence-electron chi connectivity index (χ2n) is 7.96. The van der Waals surface area contributed by atoms with Crippen LogP contribution in [0.3, 0.4) is 0 Å². The Morgan fingerprint density at radius 2 is 2.00 bits per heavy atom. The SMILES string of the molecule is CCCN1c2cc(OC)c(/C=N\Nc3ccccc3)cc2C(C)CC1(C)C. The summed E-state index contributed by atoms with van der Waals surface area (Å²) in [4.78, 5) is 2.54. The zero-order valence-electron chi connectivity index (χ0n) is 17.1. The number of anilines is 2. The van der Waals surface area contributed by atoms with Gasteiger partial charge in [0.05, 0.1) is 19.0 Å². The standard InChI is InChI=1S/C23H31N3O/c1-6-12-26-21-14-22(27-5)18(13-20(21)17(2)15-23(26,3)4)16-24-25-19-10-8-7-9-11-19/h7-11,13-14,16-17,25H,6,12,15H2,1-5H3/b24-16-. The average molecular weight is 366 g/mol. The van der Waals surface area contributed by atoms with Gasteiger partial charge in [-0.25, -0.2) is 0 Å². The molecule has 0 radical (unpaired) electrons. The predicted molar refractivity (Wildman–Crippen MR) is 115 cm³/mol. The molecule has 2 aromatic rings. The van der Waals surface area contributed by atoms with Gasteiger partial charge in [0.2, 0.25) is 0 Å². The summed E-state index contributed by atoms with van der Waals surface area (Å²) in [5.41, 5.74) is 7.88. The number of nitrogens with one attached hydrogen (secondary N) is 1. The van der Waals surface area contributed by atoms with Crippen molar-refractivity contribution in [2.75, 3.05) is 24.0 Å². The third-order valence-corrected chi connectivity index (χ3v) is 5.36. The first-order valence-corrected chi connectivity index (χ1v) is 9.80. The fourth-order valence-corrected chi connectivity index (χ4v) is 4.14. The van der Waals surface area contributed by atoms with Gasteiger partial charge < -0.3 is 9.64 Å². The van der Waals surface area contributed by atoms with Crippen LogP contribution >= 0.6 is 0 Å². The molecule has 0 saturated carbocycles. The molecule has 0 aliphatic carbocycles. The molecule has 27 heavy (non-hydrogen) atoms. The van der Waals surface area contributed by atoms with Crippen LogP contribution in [-0.2, 0) is 0 Å². The molecule has 1 N–H and O–H groups in total. The van der Waals surface area contributed by atoms with Crippen molar-refractivity contribution >= 4 is 17.6 Å². The van der Waals surface area contributed by atoms with Gasteiger partial charge in [-0.2, -0.15) is 5.10 Å². The van der Waals surface area contributed by atoms with Gasteiger partial charge in [-0.05, 0) is 56.4 Å². The van der Waals surface area contributed by atoms with E-state index in [1.165, 1.54) is 11.3 Å². The first kappa shape index (κ1) is 19.3. The molecule has 0 aromatic heterocycles. The molecule has 1 aliphatic rings. The van der Waals surface area contributed by atoms with Crippen molar-refractivity contribution in [1.29, 1.82) is 0 Å². The number of rotatable bonds is 6. The third kappa shape index (κ3) is 4.10. The Morgan fingerprint density at radius 1 is 1.26 bits per heavy atom. The fourth-order valence-electron chi connectivity index (χ4n) is 4.14. The summed E-state index contributed by atoms with van der Waals surface area (Å²) >= 11 is 0. The molecule has 0 spiro atoms. The van der Waals surface area contributed by atoms with Crippen molar-refractivity contribution in [3.05, 3.63) is 53.6 Å². The highest BCUT2D eigenvalue weighted by atomic mass is 16.5. The molecule has 1 aliphatic heterocycles. The number of methoxy groups -OCH3 is 1. The predicted octanol–water partition coefficient (Wildman–Crippen LogP) is 5.64. The van der Waals surface area contributed by atoms with E-state index in [1.807, 2.05) is 36.5 Å². The van der Waals surface area contributed by atoms with Crippen LogP contribution in [0.25, 0.3) is 0 Å². The molecule has 1 heterocycles. The van der Waals surface area contributed by atoms with Crippen molar-refractivity contribution < 1.29 is 4.74 Å². The summed E-state index contributed by atoms with van der Waals surface area (Å²) in [6.45, 7) is 10.3. The van der Waals surface area contributed by atoms with E-state index in [4.69, 9.17) is 4.74 Å². The number of ether oxygens (including phenoxy) is 1. The largest absolute Gasteiger partial charge is 0.496 e. The highest BCUT2D eigenvalue weighted by Gasteiger charge is 2.36. The Labute approximate surface area is 163 Å². The summed E-state index contributed by atoms with van der Waals surface area (Å²) in [6, 6.07) is 14.4. The molecule has 0 fully saturated rings. The number of benzene rings is 2. The quantitative estimate of drug-likeness (QED) is 0.531. The number of fused-ring (bicyclic) bond motifs is 1. The molecule has 144 valence electrons. The Balaban J connectivity index is 1.94. The molecule has 1 atom stereocenters. The normalized spacial score (nSPS) is 18.4. The summed E-state index contributed by atoms with van der Waals surface area (Å²) in [6.07, 6.45) is 4.12. The van der Waals surface area contributed by atoms with E-state index in [1.54, 1.807) is 7.11 Å². The number of para-hydroxylation sites is 1. The lowest BCUT2D eigenvalue weighted by Gasteiger charge is -2.47. The van der Waals surface area contributed by atoms with Crippen LogP contribution in [0, 0.1) is 0 Å². The van der Waals surface area contributed by atoms with E-state index in [0.717, 1.165) is 36.4 Å². The number of hydrazone groups is 1. The summed E-state index contributed by atoms with van der Waals surface area (Å²) in [5, 5.41) is 4.41. The van der Waals surface area contributed by atoms with Crippen molar-refractivity contribution in [2.45, 2.75) is 52.0 Å². The molecule has 4 heteroatoms. The number of nitrogens with zero attached hydrogens (tertiary/aromatic N) is 2. The van der Waals surface area contributed by atoms with Gasteiger partial charge in [-0.1, -0.05) is 32.0 Å². The first-order valence-electron chi connectivity index (χ1n) is 9.80. The second-order valence-corrected chi connectivity index (χ2v) is 7.96. The Morgan fingerprint density at radius 3 is 2.67 bits per heavy atom. The minimum atomic E-state index is 0.151. The van der Waals surface area contributed by atoms with Crippen molar-refractivity contribution in [3.63, 3.8) is 0 Å². The molecular weight excluding hydrogens is 334 g/mol. The Hall–Kier alpha value is -2.49. The van der Waals surface area contributed by atoms with Crippen molar-refractivity contribution in [3.8, 4) is 5.75 Å². The molecule has 0 saturated heterocycles. The number of hydrogen-bond donors (Lipinski definition) is 1. The number of hydrogen-bond acceptors (Lipinski definition) is 4. The maximum atomic E-state index is 5.70. The Kier molecular flexibility index (Phi) is 5.73. The lowest BCUT2D eigenvalue weighted by Crippen LogP contribution is -2.48. The van der Waals surface area contributed by atoms with Crippen molar-refractivity contribution in [2.24, 2.45) is 5.10 Å². The highest BCUT2D eigenvalue weighted by Crippen LogP contribution is 2.45. The van der Waals surface area contributed by atoms with Crippen LogP contribution in [-0.4, -0.2) is 25.4 Å². The fraction of sp³-hybridized carbons (Fsp3) is 0.435. The van der Waals surface area contributed by atoms with Crippen LogP contribution in [0.4, 0.5) is 11.4 Å². The minimum Gasteiger partial charge on any atom is -0.496 e. The minimum absolute atomic E-state index is 0.151. The van der Waals surface area contributed by atoms with Gasteiger partial charge >= 0.3 is 0 Å². The van der Waals surface area contributed by atoms with Crippen LogP contribution in [0.2, 0.25) is 0 Å². The zero-order valence-corrected chi connectivity index (χ0v) is 17.1. The summed E-state index contributed by atoms with van der Waals surface area (Å²) in [7, 11) is 1.73. The molecule has 2 aromatic carbocycles. The van der Waals surface area contributed by atoms with Gasteiger partial charge in [0.15, 0.2) is 0 Å². The van der Waals surface area contributed by atoms with E-state index in [0.29, 0.717) is 5.92 Å². The summed E-state index contributed by atoms with van der Waals surface area (Å²) in [5.74, 6) is 1.36. The molecule has 4 nitrogen and oxygen atoms in total. The van der Waals surface area contributed by atoms with Crippen LogP contribution in [0.1, 0.15) is 57.6 Å². The van der Waals surface area contributed by atoms with E-state index in [2.05, 4.69) is 55.3 Å². The second kappa shape index (κ2) is 8.03. The molecule has 0 amide bonds. The van der Waals surface area contributed by atoms with Gasteiger partial charge in [-0.3, -0.25) is 5.43 Å². The average Bonchev–Trinajstić information content (AvgIpc) is 2.65.